The summed E-state index contributed by atoms with van der Waals surface area (Å²) in [6.45, 7) is 5.99. The van der Waals surface area contributed by atoms with Gasteiger partial charge in [-0.25, -0.2) is 4.39 Å². The monoisotopic (exact) mass is 343 g/mol. The second-order valence-electron chi connectivity index (χ2n) is 6.59. The van der Waals surface area contributed by atoms with Crippen molar-refractivity contribution in [2.24, 2.45) is 5.92 Å². The number of rotatable bonds is 6. The summed E-state index contributed by atoms with van der Waals surface area (Å²) in [6, 6.07) is 14.6. The molecule has 2 unspecified atom stereocenters. The van der Waals surface area contributed by atoms with Gasteiger partial charge in [-0.05, 0) is 67.4 Å². The lowest BCUT2D eigenvalue weighted by molar-refractivity contribution is 0.115. The highest BCUT2D eigenvalue weighted by atomic mass is 19.1. The Morgan fingerprint density at radius 3 is 2.36 bits per heavy atom. The lowest BCUT2D eigenvalue weighted by Gasteiger charge is -2.38. The van der Waals surface area contributed by atoms with Crippen molar-refractivity contribution in [1.82, 2.24) is 4.90 Å². The molecule has 1 heterocycles. The van der Waals surface area contributed by atoms with Gasteiger partial charge in [0.2, 0.25) is 0 Å². The molecule has 0 spiro atoms. The molecule has 4 heteroatoms. The van der Waals surface area contributed by atoms with E-state index < -0.39 is 0 Å². The minimum Gasteiger partial charge on any atom is -0.497 e. The predicted molar refractivity (Wildman–Crippen MR) is 97.9 cm³/mol. The first-order chi connectivity index (χ1) is 12.2. The SMILES string of the molecule is CCN1CCC(c2ccc(F)cc2)C(COc2ccc(OC)cc2)C1. The minimum absolute atomic E-state index is 0.180. The van der Waals surface area contributed by atoms with Crippen molar-refractivity contribution in [2.75, 3.05) is 33.4 Å². The van der Waals surface area contributed by atoms with E-state index >= 15 is 0 Å². The summed E-state index contributed by atoms with van der Waals surface area (Å²) in [5, 5.41) is 0. The van der Waals surface area contributed by atoms with E-state index in [0.29, 0.717) is 18.4 Å². The third kappa shape index (κ3) is 4.51. The Morgan fingerprint density at radius 2 is 1.72 bits per heavy atom. The molecular formula is C21H26FNO2. The Morgan fingerprint density at radius 1 is 1.04 bits per heavy atom. The van der Waals surface area contributed by atoms with E-state index in [4.69, 9.17) is 9.47 Å². The van der Waals surface area contributed by atoms with Crippen LogP contribution in [0.4, 0.5) is 4.39 Å². The van der Waals surface area contributed by atoms with Gasteiger partial charge in [0, 0.05) is 12.5 Å². The molecule has 1 aliphatic heterocycles. The second-order valence-corrected chi connectivity index (χ2v) is 6.59. The van der Waals surface area contributed by atoms with Crippen molar-refractivity contribution >= 4 is 0 Å². The van der Waals surface area contributed by atoms with Crippen LogP contribution in [0.2, 0.25) is 0 Å². The average molecular weight is 343 g/mol. The highest BCUT2D eigenvalue weighted by molar-refractivity contribution is 5.31. The number of ether oxygens (including phenoxy) is 2. The van der Waals surface area contributed by atoms with Crippen LogP contribution in [-0.4, -0.2) is 38.3 Å². The molecule has 0 saturated carbocycles. The topological polar surface area (TPSA) is 21.7 Å². The summed E-state index contributed by atoms with van der Waals surface area (Å²) in [6.07, 6.45) is 1.08. The summed E-state index contributed by atoms with van der Waals surface area (Å²) in [4.78, 5) is 2.46. The van der Waals surface area contributed by atoms with Gasteiger partial charge in [0.25, 0.3) is 0 Å². The number of hydrogen-bond acceptors (Lipinski definition) is 3. The van der Waals surface area contributed by atoms with E-state index in [-0.39, 0.29) is 5.82 Å². The molecule has 1 saturated heterocycles. The average Bonchev–Trinajstić information content (AvgIpc) is 2.67. The van der Waals surface area contributed by atoms with Crippen molar-refractivity contribution in [1.29, 1.82) is 0 Å². The number of benzene rings is 2. The van der Waals surface area contributed by atoms with Crippen LogP contribution in [0.3, 0.4) is 0 Å². The Kier molecular flexibility index (Phi) is 5.92. The fourth-order valence-corrected chi connectivity index (χ4v) is 3.59. The Balaban J connectivity index is 1.69. The van der Waals surface area contributed by atoms with Gasteiger partial charge in [0.05, 0.1) is 13.7 Å². The lowest BCUT2D eigenvalue weighted by atomic mass is 9.81. The minimum atomic E-state index is -0.180. The molecular weight excluding hydrogens is 317 g/mol. The van der Waals surface area contributed by atoms with Gasteiger partial charge in [0.15, 0.2) is 0 Å². The number of nitrogens with zero attached hydrogens (tertiary/aromatic N) is 1. The molecule has 134 valence electrons. The Labute approximate surface area is 149 Å². The fourth-order valence-electron chi connectivity index (χ4n) is 3.59. The predicted octanol–water partition coefficient (Wildman–Crippen LogP) is 4.34. The molecule has 1 aliphatic rings. The van der Waals surface area contributed by atoms with E-state index in [9.17, 15) is 4.39 Å². The maximum absolute atomic E-state index is 13.3. The summed E-state index contributed by atoms with van der Waals surface area (Å²) >= 11 is 0. The van der Waals surface area contributed by atoms with Gasteiger partial charge in [-0.3, -0.25) is 0 Å². The molecule has 1 fully saturated rings. The number of methoxy groups -OCH3 is 1. The van der Waals surface area contributed by atoms with Crippen LogP contribution in [0.25, 0.3) is 0 Å². The molecule has 0 bridgehead atoms. The van der Waals surface area contributed by atoms with E-state index in [2.05, 4.69) is 11.8 Å². The zero-order valence-corrected chi connectivity index (χ0v) is 15.0. The first-order valence-electron chi connectivity index (χ1n) is 8.94. The molecule has 0 N–H and O–H groups in total. The maximum Gasteiger partial charge on any atom is 0.123 e. The van der Waals surface area contributed by atoms with Crippen LogP contribution in [-0.2, 0) is 0 Å². The van der Waals surface area contributed by atoms with Crippen LogP contribution in [0.15, 0.2) is 48.5 Å². The standard InChI is InChI=1S/C21H26FNO2/c1-3-23-13-12-21(16-4-6-18(22)7-5-16)17(14-23)15-25-20-10-8-19(24-2)9-11-20/h4-11,17,21H,3,12-15H2,1-2H3. The van der Waals surface area contributed by atoms with Gasteiger partial charge >= 0.3 is 0 Å². The Bertz CT molecular complexity index is 657. The van der Waals surface area contributed by atoms with E-state index in [0.717, 1.165) is 37.6 Å². The lowest BCUT2D eigenvalue weighted by Crippen LogP contribution is -2.41. The molecule has 2 aromatic carbocycles. The molecule has 0 amide bonds. The van der Waals surface area contributed by atoms with Crippen molar-refractivity contribution in [3.63, 3.8) is 0 Å². The largest absolute Gasteiger partial charge is 0.497 e. The summed E-state index contributed by atoms with van der Waals surface area (Å²) < 4.78 is 24.5. The van der Waals surface area contributed by atoms with Crippen LogP contribution in [0, 0.1) is 11.7 Å². The third-order valence-electron chi connectivity index (χ3n) is 5.09. The quantitative estimate of drug-likeness (QED) is 0.779. The van der Waals surface area contributed by atoms with Crippen LogP contribution in [0.5, 0.6) is 11.5 Å². The molecule has 25 heavy (non-hydrogen) atoms. The second kappa shape index (κ2) is 8.34. The smallest absolute Gasteiger partial charge is 0.123 e. The van der Waals surface area contributed by atoms with Crippen LogP contribution in [0.1, 0.15) is 24.8 Å². The first kappa shape index (κ1) is 17.7. The Hall–Kier alpha value is -2.07. The maximum atomic E-state index is 13.3. The highest BCUT2D eigenvalue weighted by Gasteiger charge is 2.30. The molecule has 2 atom stereocenters. The zero-order valence-electron chi connectivity index (χ0n) is 15.0. The van der Waals surface area contributed by atoms with E-state index in [1.165, 1.54) is 5.56 Å². The number of piperidine rings is 1. The van der Waals surface area contributed by atoms with Crippen molar-refractivity contribution in [2.45, 2.75) is 19.3 Å². The highest BCUT2D eigenvalue weighted by Crippen LogP contribution is 2.33. The number of halogens is 1. The molecule has 0 aliphatic carbocycles. The number of likely N-dealkylation sites (tertiary alicyclic amines) is 1. The van der Waals surface area contributed by atoms with Gasteiger partial charge < -0.3 is 14.4 Å². The van der Waals surface area contributed by atoms with Gasteiger partial charge in [-0.15, -0.1) is 0 Å². The van der Waals surface area contributed by atoms with Crippen molar-refractivity contribution in [3.8, 4) is 11.5 Å². The first-order valence-corrected chi connectivity index (χ1v) is 8.94. The van der Waals surface area contributed by atoms with Crippen molar-refractivity contribution in [3.05, 3.63) is 59.9 Å². The molecule has 2 aromatic rings. The third-order valence-corrected chi connectivity index (χ3v) is 5.09. The fraction of sp³-hybridized carbons (Fsp3) is 0.429. The van der Waals surface area contributed by atoms with Gasteiger partial charge in [-0.2, -0.15) is 0 Å². The molecule has 3 rings (SSSR count). The molecule has 0 aromatic heterocycles. The van der Waals surface area contributed by atoms with Gasteiger partial charge in [0.1, 0.15) is 17.3 Å². The molecule has 0 radical (unpaired) electrons. The summed E-state index contributed by atoms with van der Waals surface area (Å²) in [7, 11) is 1.66. The zero-order chi connectivity index (χ0) is 17.6. The summed E-state index contributed by atoms with van der Waals surface area (Å²) in [5.74, 6) is 2.29. The summed E-state index contributed by atoms with van der Waals surface area (Å²) in [5.41, 5.74) is 1.21. The van der Waals surface area contributed by atoms with E-state index in [1.54, 1.807) is 19.2 Å². The normalized spacial score (nSPS) is 21.1. The van der Waals surface area contributed by atoms with Crippen LogP contribution >= 0.6 is 0 Å². The van der Waals surface area contributed by atoms with Gasteiger partial charge in [-0.1, -0.05) is 19.1 Å². The number of hydrogen-bond donors (Lipinski definition) is 0. The van der Waals surface area contributed by atoms with Crippen LogP contribution < -0.4 is 9.47 Å². The van der Waals surface area contributed by atoms with E-state index in [1.807, 2.05) is 36.4 Å². The van der Waals surface area contributed by atoms with Crippen molar-refractivity contribution < 1.29 is 13.9 Å². The molecule has 3 nitrogen and oxygen atoms in total.